The molecule has 0 spiro atoms. The highest BCUT2D eigenvalue weighted by atomic mass is 16.3. The van der Waals surface area contributed by atoms with Crippen LogP contribution in [0.25, 0.3) is 0 Å². The summed E-state index contributed by atoms with van der Waals surface area (Å²) in [5.41, 5.74) is 2.42. The third-order valence-electron chi connectivity index (χ3n) is 1.89. The van der Waals surface area contributed by atoms with Gasteiger partial charge in [-0.2, -0.15) is 0 Å². The molecule has 0 saturated heterocycles. The summed E-state index contributed by atoms with van der Waals surface area (Å²) in [4.78, 5) is 0. The van der Waals surface area contributed by atoms with Gasteiger partial charge in [0.2, 0.25) is 0 Å². The number of aliphatic hydroxyl groups excluding tert-OH is 1. The van der Waals surface area contributed by atoms with Crippen LogP contribution in [0.15, 0.2) is 23.3 Å². The van der Waals surface area contributed by atoms with Crippen LogP contribution in [0.5, 0.6) is 0 Å². The smallest absolute Gasteiger partial charge is 0.0641 e. The summed E-state index contributed by atoms with van der Waals surface area (Å²) in [6, 6.07) is 0. The fraction of sp³-hybridized carbons (Fsp3) is 0.600. The summed E-state index contributed by atoms with van der Waals surface area (Å²) in [7, 11) is 0. The maximum atomic E-state index is 8.79. The molecule has 1 N–H and O–H groups in total. The molecule has 0 aliphatic rings. The summed E-state index contributed by atoms with van der Waals surface area (Å²) in [5, 5.41) is 8.79. The third-order valence-corrected chi connectivity index (χ3v) is 1.89. The third kappa shape index (κ3) is 4.79. The van der Waals surface area contributed by atoms with Crippen molar-refractivity contribution in [3.05, 3.63) is 23.3 Å². The average Bonchev–Trinajstić information content (AvgIpc) is 2.03. The lowest BCUT2D eigenvalue weighted by Gasteiger charge is -2.02. The molecule has 64 valence electrons. The molecule has 1 heteroatoms. The number of allylic oxidation sites excluding steroid dienone is 3. The number of hydrogen-bond donors (Lipinski definition) is 1. The molecule has 11 heavy (non-hydrogen) atoms. The first-order chi connectivity index (χ1) is 5.22. The van der Waals surface area contributed by atoms with Gasteiger partial charge in [-0.25, -0.2) is 0 Å². The first-order valence-corrected chi connectivity index (χ1v) is 4.09. The summed E-state index contributed by atoms with van der Waals surface area (Å²) in [5.74, 6) is 0. The summed E-state index contributed by atoms with van der Waals surface area (Å²) in [6.45, 7) is 6.28. The average molecular weight is 154 g/mol. The number of hydrogen-bond acceptors (Lipinski definition) is 1. The molecule has 0 fully saturated rings. The predicted molar refractivity (Wildman–Crippen MR) is 49.5 cm³/mol. The van der Waals surface area contributed by atoms with Crippen molar-refractivity contribution in [2.45, 2.75) is 33.6 Å². The van der Waals surface area contributed by atoms with Crippen molar-refractivity contribution in [1.29, 1.82) is 0 Å². The van der Waals surface area contributed by atoms with Gasteiger partial charge < -0.3 is 5.11 Å². The second-order valence-electron chi connectivity index (χ2n) is 2.83. The second-order valence-corrected chi connectivity index (χ2v) is 2.83. The summed E-state index contributed by atoms with van der Waals surface area (Å²) >= 11 is 0. The first kappa shape index (κ1) is 10.4. The number of aliphatic hydroxyl groups is 1. The molecule has 0 aliphatic carbocycles. The van der Waals surface area contributed by atoms with E-state index in [2.05, 4.69) is 19.1 Å². The van der Waals surface area contributed by atoms with Crippen LogP contribution in [0.4, 0.5) is 0 Å². The highest BCUT2D eigenvalue weighted by Crippen LogP contribution is 2.09. The maximum absolute atomic E-state index is 8.79. The number of rotatable bonds is 4. The van der Waals surface area contributed by atoms with Crippen molar-refractivity contribution >= 4 is 0 Å². The Hall–Kier alpha value is -0.560. The van der Waals surface area contributed by atoms with Crippen molar-refractivity contribution in [3.63, 3.8) is 0 Å². The van der Waals surface area contributed by atoms with Crippen LogP contribution >= 0.6 is 0 Å². The van der Waals surface area contributed by atoms with Gasteiger partial charge in [0.1, 0.15) is 0 Å². The van der Waals surface area contributed by atoms with E-state index in [0.29, 0.717) is 0 Å². The SMILES string of the molecule is CC=CCC/C(C)=C(/C)CO. The van der Waals surface area contributed by atoms with Crippen LogP contribution < -0.4 is 0 Å². The van der Waals surface area contributed by atoms with Crippen LogP contribution in [0.1, 0.15) is 33.6 Å². The minimum atomic E-state index is 0.196. The van der Waals surface area contributed by atoms with Crippen LogP contribution in [-0.4, -0.2) is 11.7 Å². The summed E-state index contributed by atoms with van der Waals surface area (Å²) < 4.78 is 0. The monoisotopic (exact) mass is 154 g/mol. The zero-order chi connectivity index (χ0) is 8.69. The fourth-order valence-electron chi connectivity index (χ4n) is 0.815. The van der Waals surface area contributed by atoms with Gasteiger partial charge in [0.15, 0.2) is 0 Å². The standard InChI is InChI=1S/C10H18O/c1-4-5-6-7-9(2)10(3)8-11/h4-5,11H,6-8H2,1-3H3/b5-4?,10-9-. The highest BCUT2D eigenvalue weighted by molar-refractivity contribution is 5.10. The van der Waals surface area contributed by atoms with Gasteiger partial charge in [0, 0.05) is 0 Å². The molecular formula is C10H18O. The Bertz CT molecular complexity index is 154. The van der Waals surface area contributed by atoms with E-state index in [1.165, 1.54) is 5.57 Å². The van der Waals surface area contributed by atoms with Gasteiger partial charge in [-0.1, -0.05) is 17.7 Å². The van der Waals surface area contributed by atoms with E-state index in [-0.39, 0.29) is 6.61 Å². The topological polar surface area (TPSA) is 20.2 Å². The molecule has 0 amide bonds. The van der Waals surface area contributed by atoms with E-state index in [0.717, 1.165) is 18.4 Å². The Labute approximate surface area is 69.4 Å². The Kier molecular flexibility index (Phi) is 5.86. The lowest BCUT2D eigenvalue weighted by molar-refractivity contribution is 0.329. The maximum Gasteiger partial charge on any atom is 0.0641 e. The molecule has 0 aromatic carbocycles. The molecule has 0 rings (SSSR count). The quantitative estimate of drug-likeness (QED) is 0.617. The molecule has 0 radical (unpaired) electrons. The molecule has 0 aromatic heterocycles. The lowest BCUT2D eigenvalue weighted by Crippen LogP contribution is -1.89. The van der Waals surface area contributed by atoms with E-state index in [4.69, 9.17) is 5.11 Å². The highest BCUT2D eigenvalue weighted by Gasteiger charge is 1.93. The van der Waals surface area contributed by atoms with Gasteiger partial charge in [-0.3, -0.25) is 0 Å². The molecule has 0 bridgehead atoms. The van der Waals surface area contributed by atoms with E-state index >= 15 is 0 Å². The Morgan fingerprint density at radius 1 is 1.27 bits per heavy atom. The van der Waals surface area contributed by atoms with E-state index < -0.39 is 0 Å². The predicted octanol–water partition coefficient (Wildman–Crippen LogP) is 2.67. The second kappa shape index (κ2) is 6.17. The van der Waals surface area contributed by atoms with Crippen molar-refractivity contribution in [1.82, 2.24) is 0 Å². The van der Waals surface area contributed by atoms with Gasteiger partial charge in [-0.15, -0.1) is 0 Å². The van der Waals surface area contributed by atoms with Crippen molar-refractivity contribution < 1.29 is 5.11 Å². The van der Waals surface area contributed by atoms with Gasteiger partial charge in [0.25, 0.3) is 0 Å². The fourth-order valence-corrected chi connectivity index (χ4v) is 0.815. The van der Waals surface area contributed by atoms with E-state index in [1.54, 1.807) is 0 Å². The van der Waals surface area contributed by atoms with Gasteiger partial charge in [-0.05, 0) is 39.2 Å². The minimum absolute atomic E-state index is 0.196. The molecular weight excluding hydrogens is 136 g/mol. The van der Waals surface area contributed by atoms with E-state index in [1.807, 2.05) is 13.8 Å². The van der Waals surface area contributed by atoms with Gasteiger partial charge >= 0.3 is 0 Å². The van der Waals surface area contributed by atoms with Gasteiger partial charge in [0.05, 0.1) is 6.61 Å². The van der Waals surface area contributed by atoms with Crippen molar-refractivity contribution in [2.24, 2.45) is 0 Å². The molecule has 0 unspecified atom stereocenters. The lowest BCUT2D eigenvalue weighted by atomic mass is 10.1. The van der Waals surface area contributed by atoms with Crippen molar-refractivity contribution in [3.8, 4) is 0 Å². The molecule has 0 aromatic rings. The first-order valence-electron chi connectivity index (χ1n) is 4.09. The Morgan fingerprint density at radius 3 is 2.36 bits per heavy atom. The van der Waals surface area contributed by atoms with Crippen LogP contribution in [0.2, 0.25) is 0 Å². The largest absolute Gasteiger partial charge is 0.392 e. The normalized spacial score (nSPS) is 13.8. The molecule has 0 saturated carbocycles. The minimum Gasteiger partial charge on any atom is -0.392 e. The zero-order valence-corrected chi connectivity index (χ0v) is 7.72. The molecule has 0 heterocycles. The Balaban J connectivity index is 3.76. The van der Waals surface area contributed by atoms with Crippen LogP contribution in [-0.2, 0) is 0 Å². The summed E-state index contributed by atoms with van der Waals surface area (Å²) in [6.07, 6.45) is 6.35. The molecule has 0 atom stereocenters. The van der Waals surface area contributed by atoms with Crippen LogP contribution in [0.3, 0.4) is 0 Å². The van der Waals surface area contributed by atoms with Crippen molar-refractivity contribution in [2.75, 3.05) is 6.61 Å². The molecule has 1 nitrogen and oxygen atoms in total. The van der Waals surface area contributed by atoms with E-state index in [9.17, 15) is 0 Å². The van der Waals surface area contributed by atoms with Crippen LogP contribution in [0, 0.1) is 0 Å². The molecule has 0 aliphatic heterocycles. The zero-order valence-electron chi connectivity index (χ0n) is 7.72. The Morgan fingerprint density at radius 2 is 1.91 bits per heavy atom.